The summed E-state index contributed by atoms with van der Waals surface area (Å²) in [6.07, 6.45) is 1.48. The number of halogens is 3. The van der Waals surface area contributed by atoms with E-state index >= 15 is 0 Å². The molecule has 0 aliphatic heterocycles. The van der Waals surface area contributed by atoms with Crippen molar-refractivity contribution in [2.24, 2.45) is 5.41 Å². The van der Waals surface area contributed by atoms with Crippen LogP contribution in [0.15, 0.2) is 0 Å². The number of rotatable bonds is 1. The summed E-state index contributed by atoms with van der Waals surface area (Å²) in [5.41, 5.74) is -0.932. The van der Waals surface area contributed by atoms with E-state index in [9.17, 15) is 17.7 Å². The first-order chi connectivity index (χ1) is 5.47. The van der Waals surface area contributed by atoms with Crippen LogP contribution in [0.4, 0.5) is 12.9 Å². The standard InChI is InChI=1S/C7H9BF3O/c9-8(10,11)5-4-6(12)7(5)2-1-3-7/h5H,1-4H2/q-1. The van der Waals surface area contributed by atoms with E-state index in [0.29, 0.717) is 12.8 Å². The van der Waals surface area contributed by atoms with Crippen molar-refractivity contribution >= 4 is 12.8 Å². The molecule has 0 N–H and O–H groups in total. The predicted octanol–water partition coefficient (Wildman–Crippen LogP) is 2.35. The second kappa shape index (κ2) is 2.06. The lowest BCUT2D eigenvalue weighted by molar-refractivity contribution is -0.146. The molecule has 0 radical (unpaired) electrons. The number of hydrogen-bond donors (Lipinski definition) is 0. The van der Waals surface area contributed by atoms with Crippen LogP contribution < -0.4 is 0 Å². The fourth-order valence-electron chi connectivity index (χ4n) is 2.38. The maximum absolute atomic E-state index is 12.3. The van der Waals surface area contributed by atoms with Gasteiger partial charge in [-0.15, -0.1) is 0 Å². The largest absolute Gasteiger partial charge is 0.482 e. The maximum atomic E-state index is 12.3. The summed E-state index contributed by atoms with van der Waals surface area (Å²) in [5, 5.41) is 0. The maximum Gasteiger partial charge on any atom is 0.482 e. The van der Waals surface area contributed by atoms with Crippen molar-refractivity contribution in [2.75, 3.05) is 0 Å². The summed E-state index contributed by atoms with van der Waals surface area (Å²) in [4.78, 5) is 11.0. The Labute approximate surface area is 68.4 Å². The van der Waals surface area contributed by atoms with E-state index in [1.54, 1.807) is 0 Å². The summed E-state index contributed by atoms with van der Waals surface area (Å²) >= 11 is 0. The SMILES string of the molecule is O=C1CC([B-](F)(F)F)C12CCC2. The van der Waals surface area contributed by atoms with E-state index in [4.69, 9.17) is 0 Å². The molecule has 2 rings (SSSR count). The van der Waals surface area contributed by atoms with Gasteiger partial charge in [0.15, 0.2) is 0 Å². The molecule has 0 bridgehead atoms. The van der Waals surface area contributed by atoms with Gasteiger partial charge in [-0.25, -0.2) is 0 Å². The second-order valence-corrected chi connectivity index (χ2v) is 3.87. The van der Waals surface area contributed by atoms with Gasteiger partial charge < -0.3 is 12.9 Å². The lowest BCUT2D eigenvalue weighted by Gasteiger charge is -2.58. The fourth-order valence-corrected chi connectivity index (χ4v) is 2.38. The Morgan fingerprint density at radius 2 is 1.92 bits per heavy atom. The van der Waals surface area contributed by atoms with Crippen LogP contribution in [-0.4, -0.2) is 12.8 Å². The zero-order valence-electron chi connectivity index (χ0n) is 6.53. The Kier molecular flexibility index (Phi) is 1.40. The molecule has 0 aromatic carbocycles. The molecule has 68 valence electrons. The van der Waals surface area contributed by atoms with Crippen molar-refractivity contribution in [1.29, 1.82) is 0 Å². The Balaban J connectivity index is 2.16. The molecule has 0 amide bonds. The molecule has 0 saturated heterocycles. The second-order valence-electron chi connectivity index (χ2n) is 3.87. The molecular formula is C7H9BF3O-. The molecule has 0 heterocycles. The van der Waals surface area contributed by atoms with Gasteiger partial charge in [0, 0.05) is 5.41 Å². The molecule has 1 atom stereocenters. The van der Waals surface area contributed by atoms with Crippen LogP contribution in [0, 0.1) is 5.41 Å². The third-order valence-electron chi connectivity index (χ3n) is 3.37. The molecule has 2 fully saturated rings. The van der Waals surface area contributed by atoms with Crippen LogP contribution in [0.5, 0.6) is 0 Å². The smallest absolute Gasteiger partial charge is 0.449 e. The fraction of sp³-hybridized carbons (Fsp3) is 0.857. The predicted molar refractivity (Wildman–Crippen MR) is 38.7 cm³/mol. The van der Waals surface area contributed by atoms with Gasteiger partial charge in [0.05, 0.1) is 0 Å². The van der Waals surface area contributed by atoms with Gasteiger partial charge in [0.1, 0.15) is 5.78 Å². The van der Waals surface area contributed by atoms with Gasteiger partial charge >= 0.3 is 6.98 Å². The third kappa shape index (κ3) is 0.794. The molecule has 2 aliphatic rings. The summed E-state index contributed by atoms with van der Waals surface area (Å²) in [5.74, 6) is -1.42. The monoisotopic (exact) mass is 177 g/mol. The highest BCUT2D eigenvalue weighted by Gasteiger charge is 2.63. The van der Waals surface area contributed by atoms with E-state index in [1.165, 1.54) is 0 Å². The average molecular weight is 177 g/mol. The lowest BCUT2D eigenvalue weighted by atomic mass is 9.39. The highest BCUT2D eigenvalue weighted by Crippen LogP contribution is 2.64. The first kappa shape index (κ1) is 8.14. The van der Waals surface area contributed by atoms with Gasteiger partial charge in [-0.2, -0.15) is 0 Å². The summed E-state index contributed by atoms with van der Waals surface area (Å²) in [6, 6.07) is 0. The Bertz CT molecular complexity index is 231. The minimum Gasteiger partial charge on any atom is -0.449 e. The molecule has 5 heteroatoms. The Morgan fingerprint density at radius 1 is 1.33 bits per heavy atom. The molecule has 1 unspecified atom stereocenters. The summed E-state index contributed by atoms with van der Waals surface area (Å²) in [6.45, 7) is -4.78. The molecule has 0 aromatic heterocycles. The van der Waals surface area contributed by atoms with Crippen LogP contribution >= 0.6 is 0 Å². The highest BCUT2D eigenvalue weighted by atomic mass is 19.4. The van der Waals surface area contributed by atoms with E-state index in [-0.39, 0.29) is 12.2 Å². The van der Waals surface area contributed by atoms with Crippen LogP contribution in [-0.2, 0) is 4.79 Å². The molecule has 0 aromatic rings. The van der Waals surface area contributed by atoms with Crippen LogP contribution in [0.2, 0.25) is 5.82 Å². The average Bonchev–Trinajstić information content (AvgIpc) is 1.76. The first-order valence-corrected chi connectivity index (χ1v) is 4.20. The van der Waals surface area contributed by atoms with Crippen LogP contribution in [0.1, 0.15) is 25.7 Å². The van der Waals surface area contributed by atoms with Crippen molar-refractivity contribution in [3.05, 3.63) is 0 Å². The lowest BCUT2D eigenvalue weighted by Crippen LogP contribution is -2.57. The molecule has 12 heavy (non-hydrogen) atoms. The topological polar surface area (TPSA) is 17.1 Å². The minimum atomic E-state index is -4.78. The van der Waals surface area contributed by atoms with E-state index in [0.717, 1.165) is 6.42 Å². The number of Topliss-reactive ketones (excluding diaryl/α,β-unsaturated/α-hetero) is 1. The van der Waals surface area contributed by atoms with Gasteiger partial charge in [-0.1, -0.05) is 12.2 Å². The summed E-state index contributed by atoms with van der Waals surface area (Å²) < 4.78 is 36.9. The number of carbonyl (C=O) groups is 1. The highest BCUT2D eigenvalue weighted by molar-refractivity contribution is 6.62. The number of hydrogen-bond acceptors (Lipinski definition) is 1. The van der Waals surface area contributed by atoms with Gasteiger partial charge in [-0.05, 0) is 19.3 Å². The number of ketones is 1. The van der Waals surface area contributed by atoms with Gasteiger partial charge in [-0.3, -0.25) is 4.79 Å². The quantitative estimate of drug-likeness (QED) is 0.561. The molecule has 2 aliphatic carbocycles. The Hall–Kier alpha value is -0.475. The van der Waals surface area contributed by atoms with Crippen molar-refractivity contribution in [1.82, 2.24) is 0 Å². The van der Waals surface area contributed by atoms with Gasteiger partial charge in [0.25, 0.3) is 0 Å². The molecule has 1 nitrogen and oxygen atoms in total. The minimum absolute atomic E-state index is 0.155. The normalized spacial score (nSPS) is 32.9. The third-order valence-corrected chi connectivity index (χ3v) is 3.37. The van der Waals surface area contributed by atoms with Gasteiger partial charge in [0.2, 0.25) is 0 Å². The Morgan fingerprint density at radius 3 is 2.08 bits per heavy atom. The van der Waals surface area contributed by atoms with Crippen LogP contribution in [0.3, 0.4) is 0 Å². The zero-order chi connectivity index (χ0) is 8.98. The van der Waals surface area contributed by atoms with Crippen molar-refractivity contribution in [3.8, 4) is 0 Å². The van der Waals surface area contributed by atoms with E-state index < -0.39 is 18.2 Å². The molecule has 2 saturated carbocycles. The van der Waals surface area contributed by atoms with Crippen molar-refractivity contribution in [3.63, 3.8) is 0 Å². The van der Waals surface area contributed by atoms with Crippen molar-refractivity contribution < 1.29 is 17.7 Å². The molecular weight excluding hydrogens is 168 g/mol. The van der Waals surface area contributed by atoms with E-state index in [1.807, 2.05) is 0 Å². The van der Waals surface area contributed by atoms with E-state index in [2.05, 4.69) is 0 Å². The van der Waals surface area contributed by atoms with Crippen LogP contribution in [0.25, 0.3) is 0 Å². The van der Waals surface area contributed by atoms with Crippen molar-refractivity contribution in [2.45, 2.75) is 31.5 Å². The molecule has 1 spiro atoms. The summed E-state index contributed by atoms with van der Waals surface area (Å²) in [7, 11) is 0. The number of carbonyl (C=O) groups excluding carboxylic acids is 1. The zero-order valence-corrected chi connectivity index (χ0v) is 6.53. The first-order valence-electron chi connectivity index (χ1n) is 4.20.